The molecule has 1 amide bonds. The van der Waals surface area contributed by atoms with Gasteiger partial charge in [-0.3, -0.25) is 9.48 Å². The van der Waals surface area contributed by atoms with Gasteiger partial charge in [-0.1, -0.05) is 6.07 Å². The monoisotopic (exact) mass is 296 g/mol. The Morgan fingerprint density at radius 1 is 1.23 bits per heavy atom. The molecule has 6 rings (SSSR count). The first kappa shape index (κ1) is 12.6. The first-order valence-electron chi connectivity index (χ1n) is 8.20. The van der Waals surface area contributed by atoms with E-state index in [1.54, 1.807) is 0 Å². The summed E-state index contributed by atoms with van der Waals surface area (Å²) < 4.78 is 1.90. The lowest BCUT2D eigenvalue weighted by Gasteiger charge is -2.49. The zero-order chi connectivity index (χ0) is 14.8. The van der Waals surface area contributed by atoms with Crippen molar-refractivity contribution < 1.29 is 4.79 Å². The summed E-state index contributed by atoms with van der Waals surface area (Å²) in [6.07, 6.45) is 2.46. The zero-order valence-corrected chi connectivity index (χ0v) is 12.8. The van der Waals surface area contributed by atoms with E-state index in [9.17, 15) is 4.79 Å². The van der Waals surface area contributed by atoms with Crippen LogP contribution in [0, 0.1) is 5.92 Å². The van der Waals surface area contributed by atoms with E-state index in [2.05, 4.69) is 14.9 Å². The molecule has 2 aromatic rings. The maximum absolute atomic E-state index is 13.1. The number of benzene rings is 1. The average molecular weight is 296 g/mol. The number of amides is 1. The number of hydrogen-bond acceptors (Lipinski definition) is 3. The van der Waals surface area contributed by atoms with Gasteiger partial charge < -0.3 is 9.80 Å². The van der Waals surface area contributed by atoms with Crippen molar-refractivity contribution in [3.8, 4) is 0 Å². The SMILES string of the molecule is Cn1nc2c3c(cccc31)C(=O)N([C@@H]1CN3CCC1CC3)C2. The third kappa shape index (κ3) is 1.57. The molecule has 0 aliphatic carbocycles. The van der Waals surface area contributed by atoms with Gasteiger partial charge in [0.05, 0.1) is 23.3 Å². The van der Waals surface area contributed by atoms with Crippen molar-refractivity contribution in [2.24, 2.45) is 13.0 Å². The van der Waals surface area contributed by atoms with Gasteiger partial charge in [-0.25, -0.2) is 0 Å². The van der Waals surface area contributed by atoms with E-state index < -0.39 is 0 Å². The first-order chi connectivity index (χ1) is 10.7. The Bertz CT molecular complexity index is 772. The van der Waals surface area contributed by atoms with Crippen LogP contribution in [0.15, 0.2) is 18.2 Å². The summed E-state index contributed by atoms with van der Waals surface area (Å²) >= 11 is 0. The maximum atomic E-state index is 13.1. The molecule has 4 aliphatic rings. The predicted octanol–water partition coefficient (Wildman–Crippen LogP) is 1.62. The van der Waals surface area contributed by atoms with Crippen LogP contribution in [-0.4, -0.2) is 51.2 Å². The molecule has 5 nitrogen and oxygen atoms in total. The van der Waals surface area contributed by atoms with Crippen LogP contribution in [-0.2, 0) is 13.6 Å². The molecule has 0 saturated carbocycles. The minimum atomic E-state index is 0.199. The fourth-order valence-corrected chi connectivity index (χ4v) is 4.63. The van der Waals surface area contributed by atoms with Crippen LogP contribution in [0.5, 0.6) is 0 Å². The Kier molecular flexibility index (Phi) is 2.48. The number of carbonyl (C=O) groups is 1. The molecule has 3 saturated heterocycles. The Labute approximate surface area is 129 Å². The predicted molar refractivity (Wildman–Crippen MR) is 83.5 cm³/mol. The van der Waals surface area contributed by atoms with Gasteiger partial charge in [0.15, 0.2) is 0 Å². The highest BCUT2D eigenvalue weighted by atomic mass is 16.2. The van der Waals surface area contributed by atoms with Crippen LogP contribution in [0.25, 0.3) is 10.9 Å². The topological polar surface area (TPSA) is 41.4 Å². The normalized spacial score (nSPS) is 30.3. The van der Waals surface area contributed by atoms with Gasteiger partial charge in [-0.2, -0.15) is 5.10 Å². The van der Waals surface area contributed by atoms with Crippen LogP contribution >= 0.6 is 0 Å². The third-order valence-electron chi connectivity index (χ3n) is 5.78. The van der Waals surface area contributed by atoms with E-state index >= 15 is 0 Å². The molecule has 1 atom stereocenters. The van der Waals surface area contributed by atoms with Crippen molar-refractivity contribution in [1.82, 2.24) is 19.6 Å². The van der Waals surface area contributed by atoms with Gasteiger partial charge in [0.1, 0.15) is 0 Å². The summed E-state index contributed by atoms with van der Waals surface area (Å²) in [6, 6.07) is 6.34. The van der Waals surface area contributed by atoms with Crippen LogP contribution < -0.4 is 0 Å². The number of carbonyl (C=O) groups excluding carboxylic acids is 1. The van der Waals surface area contributed by atoms with E-state index in [1.807, 2.05) is 29.9 Å². The van der Waals surface area contributed by atoms with Crippen molar-refractivity contribution >= 4 is 16.8 Å². The molecule has 5 heterocycles. The second-order valence-corrected chi connectivity index (χ2v) is 6.91. The molecule has 1 aromatic carbocycles. The lowest BCUT2D eigenvalue weighted by molar-refractivity contribution is 0.00363. The molecule has 1 aromatic heterocycles. The van der Waals surface area contributed by atoms with Crippen molar-refractivity contribution in [2.45, 2.75) is 25.4 Å². The lowest BCUT2D eigenvalue weighted by atomic mass is 9.82. The summed E-state index contributed by atoms with van der Waals surface area (Å²) in [7, 11) is 1.96. The largest absolute Gasteiger partial charge is 0.328 e. The van der Waals surface area contributed by atoms with Gasteiger partial charge >= 0.3 is 0 Å². The molecular weight excluding hydrogens is 276 g/mol. The minimum absolute atomic E-state index is 0.199. The summed E-state index contributed by atoms with van der Waals surface area (Å²) in [5, 5.41) is 5.73. The molecule has 0 spiro atoms. The van der Waals surface area contributed by atoms with Gasteiger partial charge in [-0.05, 0) is 44.0 Å². The Balaban J connectivity index is 1.59. The standard InChI is InChI=1S/C17H20N4O/c1-19-14-4-2-3-12-16(14)13(18-19)9-21(17(12)22)15-10-20-7-5-11(15)6-8-20/h2-4,11,15H,5-10H2,1H3/t15-/m1/s1. The van der Waals surface area contributed by atoms with Gasteiger partial charge in [0.25, 0.3) is 5.91 Å². The highest BCUT2D eigenvalue weighted by Crippen LogP contribution is 2.36. The fraction of sp³-hybridized carbons (Fsp3) is 0.529. The molecule has 4 aliphatic heterocycles. The summed E-state index contributed by atoms with van der Waals surface area (Å²) in [5.41, 5.74) is 2.96. The van der Waals surface area contributed by atoms with Crippen LogP contribution in [0.3, 0.4) is 0 Å². The molecule has 0 unspecified atom stereocenters. The second-order valence-electron chi connectivity index (χ2n) is 6.91. The second kappa shape index (κ2) is 4.32. The quantitative estimate of drug-likeness (QED) is 0.803. The smallest absolute Gasteiger partial charge is 0.255 e. The Hall–Kier alpha value is -1.88. The summed E-state index contributed by atoms with van der Waals surface area (Å²) in [4.78, 5) is 17.7. The molecule has 114 valence electrons. The number of fused-ring (bicyclic) bond motifs is 3. The van der Waals surface area contributed by atoms with Crippen LogP contribution in [0.1, 0.15) is 28.9 Å². The summed E-state index contributed by atoms with van der Waals surface area (Å²) in [6.45, 7) is 4.11. The number of piperidine rings is 3. The van der Waals surface area contributed by atoms with E-state index in [1.165, 1.54) is 25.9 Å². The minimum Gasteiger partial charge on any atom is -0.328 e. The lowest BCUT2D eigenvalue weighted by Crippen LogP contribution is -2.59. The zero-order valence-electron chi connectivity index (χ0n) is 12.8. The fourth-order valence-electron chi connectivity index (χ4n) is 4.63. The van der Waals surface area contributed by atoms with E-state index in [-0.39, 0.29) is 5.91 Å². The van der Waals surface area contributed by atoms with Crippen LogP contribution in [0.4, 0.5) is 0 Å². The van der Waals surface area contributed by atoms with Crippen LogP contribution in [0.2, 0.25) is 0 Å². The Morgan fingerprint density at radius 2 is 2.05 bits per heavy atom. The van der Waals surface area contributed by atoms with E-state index in [0.717, 1.165) is 28.7 Å². The van der Waals surface area contributed by atoms with Crippen molar-refractivity contribution in [3.05, 3.63) is 29.5 Å². The number of rotatable bonds is 1. The van der Waals surface area contributed by atoms with Gasteiger partial charge in [0.2, 0.25) is 0 Å². The van der Waals surface area contributed by atoms with Gasteiger partial charge in [0, 0.05) is 25.0 Å². The molecule has 0 N–H and O–H groups in total. The highest BCUT2D eigenvalue weighted by Gasteiger charge is 2.41. The molecule has 2 bridgehead atoms. The Morgan fingerprint density at radius 3 is 2.77 bits per heavy atom. The maximum Gasteiger partial charge on any atom is 0.255 e. The molecule has 5 heteroatoms. The van der Waals surface area contributed by atoms with Crippen molar-refractivity contribution in [1.29, 1.82) is 0 Å². The molecule has 22 heavy (non-hydrogen) atoms. The highest BCUT2D eigenvalue weighted by molar-refractivity contribution is 6.09. The molecular formula is C17H20N4O. The third-order valence-corrected chi connectivity index (χ3v) is 5.78. The first-order valence-corrected chi connectivity index (χ1v) is 8.20. The van der Waals surface area contributed by atoms with Crippen molar-refractivity contribution in [2.75, 3.05) is 19.6 Å². The van der Waals surface area contributed by atoms with Crippen molar-refractivity contribution in [3.63, 3.8) is 0 Å². The van der Waals surface area contributed by atoms with Gasteiger partial charge in [-0.15, -0.1) is 0 Å². The number of nitrogens with zero attached hydrogens (tertiary/aromatic N) is 4. The average Bonchev–Trinajstić information content (AvgIpc) is 2.89. The summed E-state index contributed by atoms with van der Waals surface area (Å²) in [5.74, 6) is 0.864. The number of aromatic nitrogens is 2. The molecule has 0 radical (unpaired) electrons. The number of hydrogen-bond donors (Lipinski definition) is 0. The van der Waals surface area contributed by atoms with E-state index in [0.29, 0.717) is 18.5 Å². The number of aryl methyl sites for hydroxylation is 1. The molecule has 3 fully saturated rings. The van der Waals surface area contributed by atoms with E-state index in [4.69, 9.17) is 0 Å².